The first-order valence-electron chi connectivity index (χ1n) is 13.5. The van der Waals surface area contributed by atoms with Gasteiger partial charge in [-0.1, -0.05) is 42.5 Å². The summed E-state index contributed by atoms with van der Waals surface area (Å²) in [5.41, 5.74) is 5.11. The monoisotopic (exact) mass is 517 g/mol. The van der Waals surface area contributed by atoms with Crippen LogP contribution in [-0.2, 0) is 35.6 Å². The number of ether oxygens (including phenoxy) is 1. The molecule has 2 amide bonds. The molecule has 2 aromatic carbocycles. The number of nitrogens with zero attached hydrogens (tertiary/aromatic N) is 3. The van der Waals surface area contributed by atoms with E-state index in [0.717, 1.165) is 53.1 Å². The molecule has 0 saturated heterocycles. The Labute approximate surface area is 225 Å². The summed E-state index contributed by atoms with van der Waals surface area (Å²) in [4.78, 5) is 27.5. The SMILES string of the molecule is Cc1cc(C)n(CCNC(=O)Cc2ccc3c(c2)CN(Cc2ccccc2)CC(=O)NCCCCCO3)n1. The van der Waals surface area contributed by atoms with E-state index in [0.29, 0.717) is 45.9 Å². The van der Waals surface area contributed by atoms with E-state index in [2.05, 4.69) is 32.8 Å². The van der Waals surface area contributed by atoms with Crippen LogP contribution in [0.4, 0.5) is 0 Å². The van der Waals surface area contributed by atoms with Gasteiger partial charge in [-0.25, -0.2) is 0 Å². The molecule has 0 fully saturated rings. The molecule has 1 aromatic heterocycles. The maximum Gasteiger partial charge on any atom is 0.234 e. The average molecular weight is 518 g/mol. The summed E-state index contributed by atoms with van der Waals surface area (Å²) in [7, 11) is 0. The second-order valence-electron chi connectivity index (χ2n) is 10.0. The zero-order valence-corrected chi connectivity index (χ0v) is 22.5. The molecule has 0 radical (unpaired) electrons. The predicted molar refractivity (Wildman–Crippen MR) is 148 cm³/mol. The van der Waals surface area contributed by atoms with Gasteiger partial charge in [-0.3, -0.25) is 19.2 Å². The maximum absolute atomic E-state index is 12.7. The summed E-state index contributed by atoms with van der Waals surface area (Å²) in [6.07, 6.45) is 3.15. The molecular formula is C30H39N5O3. The first kappa shape index (κ1) is 27.4. The number of carbonyl (C=O) groups is 2. The van der Waals surface area contributed by atoms with Crippen LogP contribution in [0, 0.1) is 13.8 Å². The van der Waals surface area contributed by atoms with Crippen LogP contribution in [0.15, 0.2) is 54.6 Å². The number of hydrogen-bond donors (Lipinski definition) is 2. The molecule has 2 N–H and O–H groups in total. The Balaban J connectivity index is 1.46. The van der Waals surface area contributed by atoms with Crippen molar-refractivity contribution in [1.29, 1.82) is 0 Å². The minimum absolute atomic E-state index is 0.0285. The Hall–Kier alpha value is -3.65. The molecule has 0 spiro atoms. The van der Waals surface area contributed by atoms with Gasteiger partial charge in [0.25, 0.3) is 0 Å². The average Bonchev–Trinajstić information content (AvgIpc) is 3.21. The van der Waals surface area contributed by atoms with Crippen molar-refractivity contribution in [2.24, 2.45) is 0 Å². The number of aryl methyl sites for hydroxylation is 2. The molecule has 0 saturated carbocycles. The van der Waals surface area contributed by atoms with Gasteiger partial charge >= 0.3 is 0 Å². The molecule has 1 aliphatic rings. The van der Waals surface area contributed by atoms with E-state index in [1.165, 1.54) is 0 Å². The van der Waals surface area contributed by atoms with Gasteiger partial charge < -0.3 is 15.4 Å². The number of aromatic nitrogens is 2. The number of hydrogen-bond acceptors (Lipinski definition) is 5. The first-order valence-corrected chi connectivity index (χ1v) is 13.5. The molecule has 8 heteroatoms. The topological polar surface area (TPSA) is 88.5 Å². The van der Waals surface area contributed by atoms with Crippen LogP contribution in [-0.4, -0.2) is 52.7 Å². The van der Waals surface area contributed by atoms with Gasteiger partial charge in [-0.2, -0.15) is 5.10 Å². The van der Waals surface area contributed by atoms with Crippen molar-refractivity contribution in [3.8, 4) is 5.75 Å². The van der Waals surface area contributed by atoms with Crippen molar-refractivity contribution in [2.75, 3.05) is 26.2 Å². The van der Waals surface area contributed by atoms with Gasteiger partial charge in [0.05, 0.1) is 31.8 Å². The summed E-state index contributed by atoms with van der Waals surface area (Å²) in [6, 6.07) is 18.2. The third-order valence-electron chi connectivity index (χ3n) is 6.65. The molecule has 4 rings (SSSR count). The molecule has 0 unspecified atom stereocenters. The van der Waals surface area contributed by atoms with Gasteiger partial charge in [0.15, 0.2) is 0 Å². The lowest BCUT2D eigenvalue weighted by atomic mass is 10.1. The Kier molecular flexibility index (Phi) is 9.92. The van der Waals surface area contributed by atoms with Crippen molar-refractivity contribution >= 4 is 11.8 Å². The van der Waals surface area contributed by atoms with Gasteiger partial charge in [0, 0.05) is 37.4 Å². The van der Waals surface area contributed by atoms with Crippen molar-refractivity contribution in [2.45, 2.75) is 59.2 Å². The lowest BCUT2D eigenvalue weighted by molar-refractivity contribution is -0.122. The summed E-state index contributed by atoms with van der Waals surface area (Å²) < 4.78 is 8.08. The minimum atomic E-state index is -0.0300. The van der Waals surface area contributed by atoms with Gasteiger partial charge in [0.2, 0.25) is 11.8 Å². The van der Waals surface area contributed by atoms with E-state index in [1.807, 2.05) is 61.0 Å². The standard InChI is InChI=1S/C30H39N5O3/c1-23-17-24(2)35(33-23)15-14-32-29(36)19-26-11-12-28-27(18-26)21-34(20-25-9-5-3-6-10-25)22-30(37)31-13-7-4-8-16-38-28/h3,5-6,9-12,17-18H,4,7-8,13-16,19-22H2,1-2H3,(H,31,37)(H,32,36). The summed E-state index contributed by atoms with van der Waals surface area (Å²) in [6.45, 7) is 7.95. The molecule has 0 aliphatic carbocycles. The Morgan fingerprint density at radius 2 is 1.87 bits per heavy atom. The van der Waals surface area contributed by atoms with Crippen molar-refractivity contribution in [3.05, 3.63) is 82.7 Å². The molecule has 0 bridgehead atoms. The zero-order valence-electron chi connectivity index (χ0n) is 22.5. The number of fused-ring (bicyclic) bond motifs is 1. The highest BCUT2D eigenvalue weighted by Crippen LogP contribution is 2.24. The van der Waals surface area contributed by atoms with Crippen LogP contribution in [0.25, 0.3) is 0 Å². The lowest BCUT2D eigenvalue weighted by Gasteiger charge is -2.23. The van der Waals surface area contributed by atoms with E-state index in [9.17, 15) is 9.59 Å². The normalized spacial score (nSPS) is 15.3. The third-order valence-corrected chi connectivity index (χ3v) is 6.65. The third kappa shape index (κ3) is 8.45. The fraction of sp³-hybridized carbons (Fsp3) is 0.433. The molecule has 202 valence electrons. The number of benzene rings is 2. The molecule has 2 heterocycles. The van der Waals surface area contributed by atoms with Crippen LogP contribution in [0.3, 0.4) is 0 Å². The Morgan fingerprint density at radius 1 is 1.03 bits per heavy atom. The molecule has 3 aromatic rings. The summed E-state index contributed by atoms with van der Waals surface area (Å²) in [5, 5.41) is 10.5. The smallest absolute Gasteiger partial charge is 0.234 e. The number of amides is 2. The fourth-order valence-electron chi connectivity index (χ4n) is 4.78. The highest BCUT2D eigenvalue weighted by molar-refractivity contribution is 5.79. The van der Waals surface area contributed by atoms with Crippen LogP contribution < -0.4 is 15.4 Å². The van der Waals surface area contributed by atoms with Gasteiger partial charge in [-0.15, -0.1) is 0 Å². The number of rotatable bonds is 7. The molecular weight excluding hydrogens is 478 g/mol. The Morgan fingerprint density at radius 3 is 2.66 bits per heavy atom. The summed E-state index contributed by atoms with van der Waals surface area (Å²) >= 11 is 0. The van der Waals surface area contributed by atoms with E-state index in [4.69, 9.17) is 4.74 Å². The van der Waals surface area contributed by atoms with Crippen molar-refractivity contribution < 1.29 is 14.3 Å². The Bertz CT molecular complexity index is 1210. The molecule has 8 nitrogen and oxygen atoms in total. The van der Waals surface area contributed by atoms with Gasteiger partial charge in [0.1, 0.15) is 5.75 Å². The van der Waals surface area contributed by atoms with Crippen molar-refractivity contribution in [1.82, 2.24) is 25.3 Å². The van der Waals surface area contributed by atoms with Crippen molar-refractivity contribution in [3.63, 3.8) is 0 Å². The molecule has 1 aliphatic heterocycles. The molecule has 38 heavy (non-hydrogen) atoms. The van der Waals surface area contributed by atoms with Crippen LogP contribution >= 0.6 is 0 Å². The zero-order chi connectivity index (χ0) is 26.7. The highest BCUT2D eigenvalue weighted by atomic mass is 16.5. The second kappa shape index (κ2) is 13.8. The highest BCUT2D eigenvalue weighted by Gasteiger charge is 2.17. The lowest BCUT2D eigenvalue weighted by Crippen LogP contribution is -2.37. The van der Waals surface area contributed by atoms with Crippen LogP contribution in [0.2, 0.25) is 0 Å². The maximum atomic E-state index is 12.7. The quantitative estimate of drug-likeness (QED) is 0.501. The molecule has 0 atom stereocenters. The predicted octanol–water partition coefficient (Wildman–Crippen LogP) is 3.54. The summed E-state index contributed by atoms with van der Waals surface area (Å²) in [5.74, 6) is 0.815. The second-order valence-corrected chi connectivity index (χ2v) is 10.0. The van der Waals surface area contributed by atoms with Crippen LogP contribution in [0.1, 0.15) is 47.3 Å². The fourth-order valence-corrected chi connectivity index (χ4v) is 4.78. The van der Waals surface area contributed by atoms with E-state index in [-0.39, 0.29) is 18.2 Å². The van der Waals surface area contributed by atoms with E-state index >= 15 is 0 Å². The van der Waals surface area contributed by atoms with E-state index in [1.54, 1.807) is 0 Å². The van der Waals surface area contributed by atoms with Crippen LogP contribution in [0.5, 0.6) is 5.75 Å². The van der Waals surface area contributed by atoms with E-state index < -0.39 is 0 Å². The largest absolute Gasteiger partial charge is 0.493 e. The van der Waals surface area contributed by atoms with Gasteiger partial charge in [-0.05, 0) is 56.4 Å². The minimum Gasteiger partial charge on any atom is -0.493 e. The first-order chi connectivity index (χ1) is 18.5. The number of nitrogens with one attached hydrogen (secondary N) is 2. The number of carbonyl (C=O) groups excluding carboxylic acids is 2.